The number of aryl methyl sites for hydroxylation is 1. The van der Waals surface area contributed by atoms with Crippen LogP contribution in [0.1, 0.15) is 17.5 Å². The van der Waals surface area contributed by atoms with E-state index in [4.69, 9.17) is 15.5 Å². The summed E-state index contributed by atoms with van der Waals surface area (Å²) >= 11 is 1.52. The van der Waals surface area contributed by atoms with Crippen molar-refractivity contribution < 1.29 is 4.74 Å². The zero-order valence-corrected chi connectivity index (χ0v) is 19.0. The van der Waals surface area contributed by atoms with Gasteiger partial charge in [-0.3, -0.25) is 0 Å². The van der Waals surface area contributed by atoms with Crippen molar-refractivity contribution in [2.75, 3.05) is 37.8 Å². The van der Waals surface area contributed by atoms with Gasteiger partial charge < -0.3 is 20.3 Å². The number of rotatable bonds is 7. The second-order valence-corrected chi connectivity index (χ2v) is 9.11. The van der Waals surface area contributed by atoms with E-state index >= 15 is 0 Å². The smallest absolute Gasteiger partial charge is 0.232 e. The van der Waals surface area contributed by atoms with Crippen molar-refractivity contribution >= 4 is 23.5 Å². The molecule has 0 saturated carbocycles. The normalized spacial score (nSPS) is 16.1. The number of pyridine rings is 1. The summed E-state index contributed by atoms with van der Waals surface area (Å²) in [6, 6.07) is 12.5. The fourth-order valence-electron chi connectivity index (χ4n) is 3.55. The summed E-state index contributed by atoms with van der Waals surface area (Å²) in [4.78, 5) is 19.9. The summed E-state index contributed by atoms with van der Waals surface area (Å²) < 4.78 is 6.19. The van der Waals surface area contributed by atoms with Crippen LogP contribution in [0.25, 0.3) is 0 Å². The molecular weight excluding hydrogens is 408 g/mol. The second-order valence-electron chi connectivity index (χ2n) is 7.99. The van der Waals surface area contributed by atoms with E-state index < -0.39 is 0 Å². The molecule has 2 N–H and O–H groups in total. The molecule has 1 fully saturated rings. The maximum Gasteiger partial charge on any atom is 0.232 e. The minimum absolute atomic E-state index is 0.450. The number of nitrogens with zero attached hydrogens (tertiary/aromatic N) is 5. The van der Waals surface area contributed by atoms with Gasteiger partial charge in [-0.2, -0.15) is 4.98 Å². The molecule has 8 heteroatoms. The van der Waals surface area contributed by atoms with E-state index in [2.05, 4.69) is 59.0 Å². The van der Waals surface area contributed by atoms with E-state index in [9.17, 15) is 0 Å². The minimum Gasteiger partial charge on any atom is -0.472 e. The van der Waals surface area contributed by atoms with Crippen LogP contribution in [0.4, 0.5) is 11.8 Å². The lowest BCUT2D eigenvalue weighted by Gasteiger charge is -2.21. The van der Waals surface area contributed by atoms with Crippen molar-refractivity contribution in [3.63, 3.8) is 0 Å². The van der Waals surface area contributed by atoms with Crippen molar-refractivity contribution in [2.45, 2.75) is 35.8 Å². The van der Waals surface area contributed by atoms with Crippen LogP contribution in [-0.2, 0) is 6.61 Å². The summed E-state index contributed by atoms with van der Waals surface area (Å²) in [5, 5.41) is 0. The zero-order chi connectivity index (χ0) is 21.8. The molecule has 3 aromatic rings. The van der Waals surface area contributed by atoms with Crippen LogP contribution >= 0.6 is 11.8 Å². The largest absolute Gasteiger partial charge is 0.472 e. The third-order valence-electron chi connectivity index (χ3n) is 5.33. The first-order valence-corrected chi connectivity index (χ1v) is 11.2. The highest BCUT2D eigenvalue weighted by molar-refractivity contribution is 7.99. The Morgan fingerprint density at radius 3 is 2.77 bits per heavy atom. The molecule has 0 aliphatic carbocycles. The molecular formula is C23H28N6OS. The average molecular weight is 437 g/mol. The number of likely N-dealkylation sites (N-methyl/N-ethyl adjacent to an activating group) is 1. The highest BCUT2D eigenvalue weighted by Crippen LogP contribution is 2.35. The number of aromatic nitrogens is 3. The standard InChI is InChI=1S/C23H28N6OS/c1-16-5-4-6-17(11-16)15-30-22-20(31-19-7-8-21(24)25-12-19)13-26-23(27-22)29-10-9-18(14-29)28(2)3/h4-8,11-13,18H,9-10,14-15H2,1-3H3,(H2,24,25). The zero-order valence-electron chi connectivity index (χ0n) is 18.2. The van der Waals surface area contributed by atoms with Gasteiger partial charge in [0.25, 0.3) is 0 Å². The third kappa shape index (κ3) is 5.45. The Morgan fingerprint density at radius 1 is 1.19 bits per heavy atom. The molecule has 1 saturated heterocycles. The van der Waals surface area contributed by atoms with Crippen LogP contribution in [0.3, 0.4) is 0 Å². The summed E-state index contributed by atoms with van der Waals surface area (Å²) in [6.45, 7) is 4.38. The van der Waals surface area contributed by atoms with Crippen LogP contribution in [0.15, 0.2) is 58.6 Å². The van der Waals surface area contributed by atoms with Gasteiger partial charge in [-0.05, 0) is 45.1 Å². The topological polar surface area (TPSA) is 80.4 Å². The van der Waals surface area contributed by atoms with Crippen LogP contribution in [-0.4, -0.2) is 53.1 Å². The maximum absolute atomic E-state index is 6.19. The number of benzene rings is 1. The first-order valence-electron chi connectivity index (χ1n) is 10.3. The number of anilines is 2. The van der Waals surface area contributed by atoms with Crippen molar-refractivity contribution in [3.05, 3.63) is 59.9 Å². The Kier molecular flexibility index (Phi) is 6.58. The van der Waals surface area contributed by atoms with Crippen LogP contribution in [0.5, 0.6) is 5.88 Å². The molecule has 2 aromatic heterocycles. The molecule has 162 valence electrons. The Labute approximate surface area is 187 Å². The number of nitrogen functional groups attached to an aromatic ring is 1. The lowest BCUT2D eigenvalue weighted by atomic mass is 10.1. The lowest BCUT2D eigenvalue weighted by molar-refractivity contribution is 0.285. The number of hydrogen-bond acceptors (Lipinski definition) is 8. The Balaban J connectivity index is 1.58. The van der Waals surface area contributed by atoms with Gasteiger partial charge in [0.1, 0.15) is 12.4 Å². The van der Waals surface area contributed by atoms with Gasteiger partial charge in [0.2, 0.25) is 11.8 Å². The monoisotopic (exact) mass is 436 g/mol. The molecule has 3 heterocycles. The number of ether oxygens (including phenoxy) is 1. The van der Waals surface area contributed by atoms with E-state index in [1.165, 1.54) is 17.3 Å². The number of hydrogen-bond donors (Lipinski definition) is 1. The maximum atomic E-state index is 6.19. The molecule has 31 heavy (non-hydrogen) atoms. The van der Waals surface area contributed by atoms with Crippen LogP contribution in [0, 0.1) is 6.92 Å². The van der Waals surface area contributed by atoms with Crippen LogP contribution in [0.2, 0.25) is 0 Å². The van der Waals surface area contributed by atoms with Gasteiger partial charge in [-0.1, -0.05) is 41.6 Å². The highest BCUT2D eigenvalue weighted by atomic mass is 32.2. The Morgan fingerprint density at radius 2 is 2.06 bits per heavy atom. The first kappa shape index (κ1) is 21.4. The van der Waals surface area contributed by atoms with Crippen molar-refractivity contribution in [1.82, 2.24) is 19.9 Å². The lowest BCUT2D eigenvalue weighted by Crippen LogP contribution is -2.32. The van der Waals surface area contributed by atoms with Gasteiger partial charge in [-0.15, -0.1) is 0 Å². The van der Waals surface area contributed by atoms with Gasteiger partial charge in [0.15, 0.2) is 0 Å². The van der Waals surface area contributed by atoms with E-state index in [-0.39, 0.29) is 0 Å². The highest BCUT2D eigenvalue weighted by Gasteiger charge is 2.26. The molecule has 0 amide bonds. The molecule has 0 bridgehead atoms. The SMILES string of the molecule is Cc1cccc(COc2nc(N3CCC(N(C)C)C3)ncc2Sc2ccc(N)nc2)c1. The predicted molar refractivity (Wildman–Crippen MR) is 125 cm³/mol. The van der Waals surface area contributed by atoms with Gasteiger partial charge in [-0.25, -0.2) is 9.97 Å². The molecule has 1 aliphatic rings. The summed E-state index contributed by atoms with van der Waals surface area (Å²) in [7, 11) is 4.23. The molecule has 1 aromatic carbocycles. The molecule has 1 unspecified atom stereocenters. The molecule has 7 nitrogen and oxygen atoms in total. The van der Waals surface area contributed by atoms with E-state index in [1.807, 2.05) is 18.3 Å². The van der Waals surface area contributed by atoms with Gasteiger partial charge in [0.05, 0.1) is 11.1 Å². The van der Waals surface area contributed by atoms with Crippen molar-refractivity contribution in [2.24, 2.45) is 0 Å². The second kappa shape index (κ2) is 9.53. The summed E-state index contributed by atoms with van der Waals surface area (Å²) in [6.07, 6.45) is 4.70. The van der Waals surface area contributed by atoms with E-state index in [1.54, 1.807) is 12.3 Å². The molecule has 1 aliphatic heterocycles. The van der Waals surface area contributed by atoms with Crippen molar-refractivity contribution in [3.8, 4) is 5.88 Å². The van der Waals surface area contributed by atoms with Gasteiger partial charge in [0, 0.05) is 30.2 Å². The Hall–Kier alpha value is -2.84. The first-order chi connectivity index (χ1) is 15.0. The molecule has 4 rings (SSSR count). The average Bonchev–Trinajstić information content (AvgIpc) is 3.25. The Bertz CT molecular complexity index is 1030. The quantitative estimate of drug-likeness (QED) is 0.601. The van der Waals surface area contributed by atoms with E-state index in [0.29, 0.717) is 30.3 Å². The molecule has 0 radical (unpaired) electrons. The van der Waals surface area contributed by atoms with E-state index in [0.717, 1.165) is 34.9 Å². The van der Waals surface area contributed by atoms with Crippen LogP contribution < -0.4 is 15.4 Å². The summed E-state index contributed by atoms with van der Waals surface area (Å²) in [5.74, 6) is 1.79. The molecule has 0 spiro atoms. The van der Waals surface area contributed by atoms with Crippen molar-refractivity contribution in [1.29, 1.82) is 0 Å². The molecule has 1 atom stereocenters. The third-order valence-corrected chi connectivity index (χ3v) is 6.31. The van der Waals surface area contributed by atoms with Gasteiger partial charge >= 0.3 is 0 Å². The predicted octanol–water partition coefficient (Wildman–Crippen LogP) is 3.63. The minimum atomic E-state index is 0.450. The fourth-order valence-corrected chi connectivity index (χ4v) is 4.34. The number of nitrogens with two attached hydrogens (primary N) is 1. The summed E-state index contributed by atoms with van der Waals surface area (Å²) in [5.41, 5.74) is 8.04. The fraction of sp³-hybridized carbons (Fsp3) is 0.348.